The summed E-state index contributed by atoms with van der Waals surface area (Å²) >= 11 is 5.03. The molecule has 14 heavy (non-hydrogen) atoms. The number of aliphatic carboxylic acids is 1. The number of carboxylic acids is 1. The Kier molecular flexibility index (Phi) is 3.40. The Morgan fingerprint density at radius 3 is 2.86 bits per heavy atom. The average Bonchev–Trinajstić information content (AvgIpc) is 2.43. The second-order valence-electron chi connectivity index (χ2n) is 3.30. The van der Waals surface area contributed by atoms with Crippen LogP contribution in [0.15, 0.2) is 0 Å². The zero-order valence-electron chi connectivity index (χ0n) is 8.15. The van der Waals surface area contributed by atoms with E-state index in [4.69, 9.17) is 17.3 Å². The Labute approximate surface area is 86.8 Å². The molecule has 0 atom stereocenters. The summed E-state index contributed by atoms with van der Waals surface area (Å²) in [6.45, 7) is 3.96. The van der Waals surface area contributed by atoms with E-state index in [2.05, 4.69) is 10.2 Å². The number of aromatic nitrogens is 3. The van der Waals surface area contributed by atoms with Gasteiger partial charge in [-0.15, -0.1) is 0 Å². The highest BCUT2D eigenvalue weighted by Gasteiger charge is 2.10. The molecule has 5 nitrogen and oxygen atoms in total. The first-order valence-electron chi connectivity index (χ1n) is 4.40. The van der Waals surface area contributed by atoms with Crippen LogP contribution in [0.4, 0.5) is 0 Å². The molecule has 78 valence electrons. The zero-order valence-corrected chi connectivity index (χ0v) is 8.97. The number of hydrogen-bond acceptors (Lipinski definition) is 3. The smallest absolute Gasteiger partial charge is 0.303 e. The van der Waals surface area contributed by atoms with Crippen LogP contribution in [0.25, 0.3) is 0 Å². The first kappa shape index (κ1) is 10.9. The summed E-state index contributed by atoms with van der Waals surface area (Å²) in [6, 6.07) is 0.199. The lowest BCUT2D eigenvalue weighted by molar-refractivity contribution is -0.137. The highest BCUT2D eigenvalue weighted by atomic mass is 32.1. The van der Waals surface area contributed by atoms with Gasteiger partial charge in [0.05, 0.1) is 6.42 Å². The molecule has 0 fully saturated rings. The van der Waals surface area contributed by atoms with Crippen LogP contribution in [-0.2, 0) is 11.2 Å². The molecule has 0 radical (unpaired) electrons. The summed E-state index contributed by atoms with van der Waals surface area (Å²) in [5.41, 5.74) is 0. The van der Waals surface area contributed by atoms with Crippen LogP contribution in [-0.4, -0.2) is 25.8 Å². The van der Waals surface area contributed by atoms with Gasteiger partial charge in [0.15, 0.2) is 4.77 Å². The van der Waals surface area contributed by atoms with E-state index in [0.29, 0.717) is 17.0 Å². The number of carboxylic acid groups (broad SMARTS) is 1. The molecule has 6 heteroatoms. The normalized spacial score (nSPS) is 10.8. The van der Waals surface area contributed by atoms with Crippen LogP contribution in [0.5, 0.6) is 0 Å². The quantitative estimate of drug-likeness (QED) is 0.747. The fourth-order valence-electron chi connectivity index (χ4n) is 1.26. The van der Waals surface area contributed by atoms with Gasteiger partial charge >= 0.3 is 5.97 Å². The number of nitrogens with one attached hydrogen (secondary N) is 1. The van der Waals surface area contributed by atoms with E-state index >= 15 is 0 Å². The molecule has 0 saturated heterocycles. The Bertz CT molecular complexity index is 380. The maximum atomic E-state index is 10.4. The van der Waals surface area contributed by atoms with Crippen molar-refractivity contribution in [2.75, 3.05) is 0 Å². The zero-order chi connectivity index (χ0) is 10.7. The number of hydrogen-bond donors (Lipinski definition) is 2. The molecule has 0 aliphatic carbocycles. The van der Waals surface area contributed by atoms with Gasteiger partial charge in [-0.3, -0.25) is 9.89 Å². The Morgan fingerprint density at radius 2 is 2.36 bits per heavy atom. The number of carbonyl (C=O) groups is 1. The molecular weight excluding hydrogens is 202 g/mol. The molecule has 0 aliphatic rings. The number of rotatable bonds is 4. The summed E-state index contributed by atoms with van der Waals surface area (Å²) in [4.78, 5) is 10.4. The van der Waals surface area contributed by atoms with Gasteiger partial charge < -0.3 is 9.67 Å². The highest BCUT2D eigenvalue weighted by molar-refractivity contribution is 7.71. The third kappa shape index (κ3) is 2.41. The van der Waals surface area contributed by atoms with Gasteiger partial charge in [-0.2, -0.15) is 5.10 Å². The molecule has 2 N–H and O–H groups in total. The second-order valence-corrected chi connectivity index (χ2v) is 3.69. The molecule has 1 aromatic heterocycles. The summed E-state index contributed by atoms with van der Waals surface area (Å²) in [5.74, 6) is -0.123. The number of nitrogens with zero attached hydrogens (tertiary/aromatic N) is 2. The van der Waals surface area contributed by atoms with Crippen molar-refractivity contribution < 1.29 is 9.90 Å². The lowest BCUT2D eigenvalue weighted by atomic mass is 10.3. The molecule has 0 spiro atoms. The van der Waals surface area contributed by atoms with Gasteiger partial charge in [0, 0.05) is 12.5 Å². The highest BCUT2D eigenvalue weighted by Crippen LogP contribution is 2.09. The second kappa shape index (κ2) is 4.36. The molecule has 0 aromatic carbocycles. The molecule has 0 unspecified atom stereocenters. The van der Waals surface area contributed by atoms with Crippen molar-refractivity contribution in [1.82, 2.24) is 14.8 Å². The lowest BCUT2D eigenvalue weighted by Gasteiger charge is -2.08. The van der Waals surface area contributed by atoms with Gasteiger partial charge in [0.25, 0.3) is 0 Å². The third-order valence-corrected chi connectivity index (χ3v) is 2.14. The monoisotopic (exact) mass is 215 g/mol. The van der Waals surface area contributed by atoms with Crippen molar-refractivity contribution in [3.8, 4) is 0 Å². The first-order chi connectivity index (χ1) is 6.52. The van der Waals surface area contributed by atoms with Gasteiger partial charge in [-0.05, 0) is 26.1 Å². The van der Waals surface area contributed by atoms with Gasteiger partial charge in [-0.25, -0.2) is 0 Å². The SMILES string of the molecule is CC(C)n1c(CCC(=O)O)n[nH]c1=S. The van der Waals surface area contributed by atoms with E-state index in [-0.39, 0.29) is 12.5 Å². The topological polar surface area (TPSA) is 70.9 Å². The summed E-state index contributed by atoms with van der Waals surface area (Å²) < 4.78 is 2.37. The molecule has 1 rings (SSSR count). The molecular formula is C8H13N3O2S. The molecule has 1 aromatic rings. The average molecular weight is 215 g/mol. The van der Waals surface area contributed by atoms with Crippen LogP contribution in [0.3, 0.4) is 0 Å². The van der Waals surface area contributed by atoms with E-state index in [9.17, 15) is 4.79 Å². The van der Waals surface area contributed by atoms with Crippen molar-refractivity contribution in [2.45, 2.75) is 32.7 Å². The maximum Gasteiger partial charge on any atom is 0.303 e. The van der Waals surface area contributed by atoms with Gasteiger partial charge in [0.2, 0.25) is 0 Å². The molecule has 0 amide bonds. The summed E-state index contributed by atoms with van der Waals surface area (Å²) in [5, 5.41) is 15.2. The van der Waals surface area contributed by atoms with Crippen molar-refractivity contribution in [3.05, 3.63) is 10.6 Å². The van der Waals surface area contributed by atoms with E-state index in [1.165, 1.54) is 0 Å². The Morgan fingerprint density at radius 1 is 1.71 bits per heavy atom. The van der Waals surface area contributed by atoms with E-state index in [1.54, 1.807) is 0 Å². The fraction of sp³-hybridized carbons (Fsp3) is 0.625. The van der Waals surface area contributed by atoms with Crippen LogP contribution in [0, 0.1) is 4.77 Å². The van der Waals surface area contributed by atoms with Crippen LogP contribution in [0.1, 0.15) is 32.1 Å². The lowest BCUT2D eigenvalue weighted by Crippen LogP contribution is -2.08. The van der Waals surface area contributed by atoms with E-state index < -0.39 is 5.97 Å². The van der Waals surface area contributed by atoms with Gasteiger partial charge in [0.1, 0.15) is 5.82 Å². The third-order valence-electron chi connectivity index (χ3n) is 1.86. The van der Waals surface area contributed by atoms with Crippen LogP contribution >= 0.6 is 12.2 Å². The summed E-state index contributed by atoms with van der Waals surface area (Å²) in [6.07, 6.45) is 0.479. The molecule has 0 bridgehead atoms. The molecule has 1 heterocycles. The predicted molar refractivity (Wildman–Crippen MR) is 53.8 cm³/mol. The van der Waals surface area contributed by atoms with E-state index in [0.717, 1.165) is 0 Å². The first-order valence-corrected chi connectivity index (χ1v) is 4.80. The number of H-pyrrole nitrogens is 1. The molecule has 0 saturated carbocycles. The van der Waals surface area contributed by atoms with Crippen LogP contribution in [0.2, 0.25) is 0 Å². The predicted octanol–water partition coefficient (Wildman–Crippen LogP) is 1.54. The van der Waals surface area contributed by atoms with Crippen molar-refractivity contribution >= 4 is 18.2 Å². The van der Waals surface area contributed by atoms with Gasteiger partial charge in [-0.1, -0.05) is 0 Å². The maximum absolute atomic E-state index is 10.4. The Balaban J connectivity index is 2.87. The molecule has 0 aliphatic heterocycles. The minimum Gasteiger partial charge on any atom is -0.481 e. The Hall–Kier alpha value is -1.17. The standard InChI is InChI=1S/C8H13N3O2S/c1-5(2)11-6(3-4-7(12)13)9-10-8(11)14/h5H,3-4H2,1-2H3,(H,10,14)(H,12,13). The van der Waals surface area contributed by atoms with Crippen LogP contribution < -0.4 is 0 Å². The van der Waals surface area contributed by atoms with Crippen molar-refractivity contribution in [1.29, 1.82) is 0 Å². The minimum absolute atomic E-state index is 0.0757. The number of aryl methyl sites for hydroxylation is 1. The minimum atomic E-state index is -0.825. The largest absolute Gasteiger partial charge is 0.481 e. The summed E-state index contributed by atoms with van der Waals surface area (Å²) in [7, 11) is 0. The van der Waals surface area contributed by atoms with Crippen molar-refractivity contribution in [3.63, 3.8) is 0 Å². The number of aromatic amines is 1. The van der Waals surface area contributed by atoms with E-state index in [1.807, 2.05) is 18.4 Å². The fourth-order valence-corrected chi connectivity index (χ4v) is 1.63. The van der Waals surface area contributed by atoms with Crippen molar-refractivity contribution in [2.24, 2.45) is 0 Å².